The highest BCUT2D eigenvalue weighted by molar-refractivity contribution is 7.99. The Balaban J connectivity index is 2.23. The molecular weight excluding hydrogens is 264 g/mol. The summed E-state index contributed by atoms with van der Waals surface area (Å²) >= 11 is 1.44. The van der Waals surface area contributed by atoms with Crippen LogP contribution in [-0.2, 0) is 0 Å². The van der Waals surface area contributed by atoms with E-state index < -0.39 is 6.10 Å². The van der Waals surface area contributed by atoms with Crippen molar-refractivity contribution in [3.63, 3.8) is 0 Å². The fourth-order valence-electron chi connectivity index (χ4n) is 1.68. The summed E-state index contributed by atoms with van der Waals surface area (Å²) in [6, 6.07) is 7.17. The second-order valence-electron chi connectivity index (χ2n) is 4.28. The van der Waals surface area contributed by atoms with Crippen LogP contribution in [0.15, 0.2) is 29.1 Å². The van der Waals surface area contributed by atoms with Crippen LogP contribution >= 0.6 is 11.8 Å². The average molecular weight is 280 g/mol. The summed E-state index contributed by atoms with van der Waals surface area (Å²) in [7, 11) is 0. The summed E-state index contributed by atoms with van der Waals surface area (Å²) in [5.74, 6) is 0.979. The van der Waals surface area contributed by atoms with E-state index in [9.17, 15) is 9.90 Å². The molecule has 1 aromatic carbocycles. The molecule has 2 aromatic rings. The van der Waals surface area contributed by atoms with Gasteiger partial charge < -0.3 is 15.2 Å². The van der Waals surface area contributed by atoms with Crippen LogP contribution in [0.3, 0.4) is 0 Å². The summed E-state index contributed by atoms with van der Waals surface area (Å²) in [5, 5.41) is 18.6. The van der Waals surface area contributed by atoms with Gasteiger partial charge in [-0.15, -0.1) is 11.8 Å². The van der Waals surface area contributed by atoms with Crippen molar-refractivity contribution in [1.82, 2.24) is 9.97 Å². The van der Waals surface area contributed by atoms with Gasteiger partial charge in [0.05, 0.1) is 28.9 Å². The van der Waals surface area contributed by atoms with Crippen molar-refractivity contribution in [2.45, 2.75) is 18.3 Å². The van der Waals surface area contributed by atoms with E-state index in [4.69, 9.17) is 5.11 Å². The van der Waals surface area contributed by atoms with Gasteiger partial charge in [0.15, 0.2) is 0 Å². The Hall–Kier alpha value is -1.37. The van der Waals surface area contributed by atoms with E-state index in [1.807, 2.05) is 13.0 Å². The molecule has 0 bridgehead atoms. The molecule has 0 aliphatic rings. The lowest BCUT2D eigenvalue weighted by Gasteiger charge is -2.13. The number of benzene rings is 1. The predicted octanol–water partition coefficient (Wildman–Crippen LogP) is 1.07. The zero-order valence-electron chi connectivity index (χ0n) is 10.5. The molecule has 0 amide bonds. The van der Waals surface area contributed by atoms with Crippen LogP contribution in [0.5, 0.6) is 0 Å². The van der Waals surface area contributed by atoms with Gasteiger partial charge in [-0.2, -0.15) is 0 Å². The minimum atomic E-state index is -0.750. The van der Waals surface area contributed by atoms with E-state index in [0.717, 1.165) is 0 Å². The highest BCUT2D eigenvalue weighted by Gasteiger charge is 2.13. The smallest absolute Gasteiger partial charge is 0.258 e. The molecule has 5 nitrogen and oxygen atoms in total. The molecule has 6 heteroatoms. The minimum absolute atomic E-state index is 0.0569. The minimum Gasteiger partial charge on any atom is -0.394 e. The third-order valence-electron chi connectivity index (χ3n) is 2.77. The number of nitrogens with one attached hydrogen (secondary N) is 1. The summed E-state index contributed by atoms with van der Waals surface area (Å²) in [4.78, 5) is 19.1. The maximum absolute atomic E-state index is 11.9. The van der Waals surface area contributed by atoms with Crippen molar-refractivity contribution in [2.75, 3.05) is 12.4 Å². The van der Waals surface area contributed by atoms with Gasteiger partial charge in [0.2, 0.25) is 0 Å². The van der Waals surface area contributed by atoms with E-state index in [1.165, 1.54) is 11.8 Å². The van der Waals surface area contributed by atoms with Crippen molar-refractivity contribution in [3.8, 4) is 0 Å². The van der Waals surface area contributed by atoms with Gasteiger partial charge in [-0.05, 0) is 19.1 Å². The van der Waals surface area contributed by atoms with E-state index in [0.29, 0.717) is 22.5 Å². The number of aliphatic hydroxyl groups is 2. The van der Waals surface area contributed by atoms with Crippen LogP contribution in [0.2, 0.25) is 0 Å². The highest BCUT2D eigenvalue weighted by Crippen LogP contribution is 2.26. The molecule has 2 rings (SSSR count). The Kier molecular flexibility index (Phi) is 4.57. The Bertz CT molecular complexity index is 614. The molecule has 19 heavy (non-hydrogen) atoms. The van der Waals surface area contributed by atoms with Gasteiger partial charge in [-0.1, -0.05) is 12.1 Å². The van der Waals surface area contributed by atoms with Crippen LogP contribution in [-0.4, -0.2) is 38.6 Å². The Morgan fingerprint density at radius 3 is 2.89 bits per heavy atom. The molecule has 0 spiro atoms. The number of aromatic amines is 1. The summed E-state index contributed by atoms with van der Waals surface area (Å²) in [5.41, 5.74) is 0.507. The maximum Gasteiger partial charge on any atom is 0.258 e. The highest BCUT2D eigenvalue weighted by atomic mass is 32.2. The van der Waals surface area contributed by atoms with Gasteiger partial charge in [0.1, 0.15) is 5.82 Å². The van der Waals surface area contributed by atoms with E-state index in [-0.39, 0.29) is 17.4 Å². The molecule has 2 atom stereocenters. The SMILES string of the molecule is C[C@@H](SC[C@@H](O)CO)c1nc2ccccc2c(=O)[nH]1. The molecule has 0 saturated heterocycles. The molecule has 102 valence electrons. The van der Waals surface area contributed by atoms with Crippen LogP contribution in [0.25, 0.3) is 10.9 Å². The third kappa shape index (κ3) is 3.34. The second kappa shape index (κ2) is 6.18. The number of H-pyrrole nitrogens is 1. The quantitative estimate of drug-likeness (QED) is 0.762. The standard InChI is InChI=1S/C13H16N2O3S/c1-8(19-7-9(17)6-16)12-14-11-5-3-2-4-10(11)13(18)15-12/h2-5,8-9,16-17H,6-7H2,1H3,(H,14,15,18)/t8-,9+/m1/s1. The predicted molar refractivity (Wildman–Crippen MR) is 76.3 cm³/mol. The molecular formula is C13H16N2O3S. The van der Waals surface area contributed by atoms with Crippen LogP contribution in [0.1, 0.15) is 18.0 Å². The second-order valence-corrected chi connectivity index (χ2v) is 5.65. The maximum atomic E-state index is 11.9. The van der Waals surface area contributed by atoms with Crippen LogP contribution in [0, 0.1) is 0 Å². The van der Waals surface area contributed by atoms with Gasteiger partial charge in [-0.25, -0.2) is 4.98 Å². The number of thioether (sulfide) groups is 1. The van der Waals surface area contributed by atoms with Crippen molar-refractivity contribution in [3.05, 3.63) is 40.4 Å². The Morgan fingerprint density at radius 1 is 1.42 bits per heavy atom. The largest absolute Gasteiger partial charge is 0.394 e. The number of hydrogen-bond donors (Lipinski definition) is 3. The molecule has 0 saturated carbocycles. The average Bonchev–Trinajstić information content (AvgIpc) is 2.44. The first kappa shape index (κ1) is 14.0. The van der Waals surface area contributed by atoms with E-state index >= 15 is 0 Å². The Morgan fingerprint density at radius 2 is 2.16 bits per heavy atom. The molecule has 0 aliphatic heterocycles. The fourth-order valence-corrected chi connectivity index (χ4v) is 2.57. The van der Waals surface area contributed by atoms with Crippen LogP contribution in [0.4, 0.5) is 0 Å². The molecule has 3 N–H and O–H groups in total. The first-order valence-corrected chi connectivity index (χ1v) is 7.06. The van der Waals surface area contributed by atoms with E-state index in [1.54, 1.807) is 18.2 Å². The molecule has 0 radical (unpaired) electrons. The summed E-state index contributed by atoms with van der Waals surface area (Å²) in [6.07, 6.45) is -0.750. The topological polar surface area (TPSA) is 86.2 Å². The van der Waals surface area contributed by atoms with Gasteiger partial charge in [-0.3, -0.25) is 4.79 Å². The zero-order chi connectivity index (χ0) is 13.8. The number of hydrogen-bond acceptors (Lipinski definition) is 5. The van der Waals surface area contributed by atoms with E-state index in [2.05, 4.69) is 9.97 Å². The lowest BCUT2D eigenvalue weighted by atomic mass is 10.2. The number of nitrogens with zero attached hydrogens (tertiary/aromatic N) is 1. The van der Waals surface area contributed by atoms with Gasteiger partial charge in [0, 0.05) is 5.75 Å². The normalized spacial score (nSPS) is 14.5. The summed E-state index contributed by atoms with van der Waals surface area (Å²) in [6.45, 7) is 1.64. The van der Waals surface area contributed by atoms with Crippen LogP contribution < -0.4 is 5.56 Å². The third-order valence-corrected chi connectivity index (χ3v) is 4.07. The monoisotopic (exact) mass is 280 g/mol. The molecule has 1 heterocycles. The lowest BCUT2D eigenvalue weighted by molar-refractivity contribution is 0.113. The number of rotatable bonds is 5. The van der Waals surface area contributed by atoms with Crippen molar-refractivity contribution in [2.24, 2.45) is 0 Å². The number of para-hydroxylation sites is 1. The first-order valence-electron chi connectivity index (χ1n) is 6.01. The lowest BCUT2D eigenvalue weighted by Crippen LogP contribution is -2.17. The molecule has 0 aliphatic carbocycles. The molecule has 0 unspecified atom stereocenters. The fraction of sp³-hybridized carbons (Fsp3) is 0.385. The number of fused-ring (bicyclic) bond motifs is 1. The van der Waals surface area contributed by atoms with Crippen molar-refractivity contribution >= 4 is 22.7 Å². The number of aliphatic hydroxyl groups excluding tert-OH is 2. The first-order chi connectivity index (χ1) is 9.11. The summed E-state index contributed by atoms with van der Waals surface area (Å²) < 4.78 is 0. The number of aromatic nitrogens is 2. The molecule has 0 fully saturated rings. The van der Waals surface area contributed by atoms with Gasteiger partial charge >= 0.3 is 0 Å². The van der Waals surface area contributed by atoms with Gasteiger partial charge in [0.25, 0.3) is 5.56 Å². The molecule has 1 aromatic heterocycles. The van der Waals surface area contributed by atoms with Crippen molar-refractivity contribution < 1.29 is 10.2 Å². The van der Waals surface area contributed by atoms with Crippen molar-refractivity contribution in [1.29, 1.82) is 0 Å². The Labute approximate surface area is 114 Å². The zero-order valence-corrected chi connectivity index (χ0v) is 11.4.